The summed E-state index contributed by atoms with van der Waals surface area (Å²) >= 11 is 6.81. The molecular weight excluding hydrogens is 328 g/mol. The van der Waals surface area contributed by atoms with Crippen molar-refractivity contribution in [2.45, 2.75) is 12.5 Å². The molecule has 1 N–H and O–H groups in total. The third kappa shape index (κ3) is 1.88. The molecule has 1 aliphatic rings. The standard InChI is InChI=1S/C10H10Br2O3/c1-14-7-4-5(11)10-8(9(7)12)6(13)2-3-15-10/h4,6,13H,2-3H2,1H3. The van der Waals surface area contributed by atoms with Gasteiger partial charge in [0.2, 0.25) is 0 Å². The van der Waals surface area contributed by atoms with Crippen molar-refractivity contribution in [2.24, 2.45) is 0 Å². The van der Waals surface area contributed by atoms with Gasteiger partial charge in [-0.2, -0.15) is 0 Å². The van der Waals surface area contributed by atoms with Gasteiger partial charge >= 0.3 is 0 Å². The fraction of sp³-hybridized carbons (Fsp3) is 0.400. The van der Waals surface area contributed by atoms with Crippen LogP contribution in [-0.4, -0.2) is 18.8 Å². The van der Waals surface area contributed by atoms with Gasteiger partial charge in [-0.15, -0.1) is 0 Å². The van der Waals surface area contributed by atoms with Crippen LogP contribution in [0.15, 0.2) is 15.0 Å². The summed E-state index contributed by atoms with van der Waals surface area (Å²) in [6.45, 7) is 0.533. The van der Waals surface area contributed by atoms with Crippen LogP contribution in [-0.2, 0) is 0 Å². The average molecular weight is 338 g/mol. The summed E-state index contributed by atoms with van der Waals surface area (Å²) in [5.41, 5.74) is 0.757. The van der Waals surface area contributed by atoms with Gasteiger partial charge in [0.1, 0.15) is 11.5 Å². The zero-order valence-corrected chi connectivity index (χ0v) is 11.3. The highest BCUT2D eigenvalue weighted by molar-refractivity contribution is 9.11. The Morgan fingerprint density at radius 3 is 2.93 bits per heavy atom. The molecule has 82 valence electrons. The van der Waals surface area contributed by atoms with E-state index in [1.165, 1.54) is 0 Å². The van der Waals surface area contributed by atoms with E-state index in [0.29, 0.717) is 24.5 Å². The molecule has 0 aromatic heterocycles. The fourth-order valence-electron chi connectivity index (χ4n) is 1.61. The van der Waals surface area contributed by atoms with Gasteiger partial charge < -0.3 is 14.6 Å². The van der Waals surface area contributed by atoms with E-state index in [2.05, 4.69) is 31.9 Å². The van der Waals surface area contributed by atoms with E-state index >= 15 is 0 Å². The predicted molar refractivity (Wildman–Crippen MR) is 63.5 cm³/mol. The molecule has 1 aliphatic heterocycles. The quantitative estimate of drug-likeness (QED) is 0.856. The minimum Gasteiger partial charge on any atom is -0.496 e. The van der Waals surface area contributed by atoms with Gasteiger partial charge in [-0.25, -0.2) is 0 Å². The first kappa shape index (κ1) is 11.2. The molecule has 0 aliphatic carbocycles. The van der Waals surface area contributed by atoms with Crippen molar-refractivity contribution in [1.82, 2.24) is 0 Å². The molecule has 5 heteroatoms. The molecule has 1 unspecified atom stereocenters. The summed E-state index contributed by atoms with van der Waals surface area (Å²) in [6.07, 6.45) is 0.0973. The van der Waals surface area contributed by atoms with Crippen LogP contribution >= 0.6 is 31.9 Å². The number of ether oxygens (including phenoxy) is 2. The lowest BCUT2D eigenvalue weighted by Crippen LogP contribution is -2.15. The normalized spacial score (nSPS) is 19.3. The number of hydrogen-bond donors (Lipinski definition) is 1. The second kappa shape index (κ2) is 4.31. The molecule has 1 aromatic rings. The Morgan fingerprint density at radius 2 is 2.27 bits per heavy atom. The second-order valence-corrected chi connectivity index (χ2v) is 4.92. The summed E-state index contributed by atoms with van der Waals surface area (Å²) < 4.78 is 12.3. The lowest BCUT2D eigenvalue weighted by Gasteiger charge is -2.25. The van der Waals surface area contributed by atoms with E-state index in [1.807, 2.05) is 6.07 Å². The van der Waals surface area contributed by atoms with Crippen molar-refractivity contribution in [3.05, 3.63) is 20.6 Å². The Hall–Kier alpha value is -0.260. The van der Waals surface area contributed by atoms with Gasteiger partial charge in [-0.3, -0.25) is 0 Å². The van der Waals surface area contributed by atoms with Crippen LogP contribution < -0.4 is 9.47 Å². The van der Waals surface area contributed by atoms with Crippen LogP contribution in [0.4, 0.5) is 0 Å². The Bertz CT molecular complexity index is 393. The van der Waals surface area contributed by atoms with Gasteiger partial charge in [0.15, 0.2) is 0 Å². The van der Waals surface area contributed by atoms with Gasteiger partial charge in [-0.05, 0) is 37.9 Å². The number of benzene rings is 1. The minimum atomic E-state index is -0.505. The predicted octanol–water partition coefficient (Wildman–Crippen LogP) is 3.04. The molecule has 0 spiro atoms. The van der Waals surface area contributed by atoms with E-state index < -0.39 is 6.10 Å². The van der Waals surface area contributed by atoms with E-state index in [4.69, 9.17) is 9.47 Å². The van der Waals surface area contributed by atoms with Crippen molar-refractivity contribution < 1.29 is 14.6 Å². The first-order valence-electron chi connectivity index (χ1n) is 4.52. The average Bonchev–Trinajstić information content (AvgIpc) is 2.23. The fourth-order valence-corrected chi connectivity index (χ4v) is 2.87. The molecule has 0 bridgehead atoms. The highest BCUT2D eigenvalue weighted by atomic mass is 79.9. The first-order chi connectivity index (χ1) is 7.15. The van der Waals surface area contributed by atoms with Gasteiger partial charge in [0.05, 0.1) is 28.8 Å². The number of hydrogen-bond acceptors (Lipinski definition) is 3. The Kier molecular flexibility index (Phi) is 3.23. The number of methoxy groups -OCH3 is 1. The molecular formula is C10H10Br2O3. The van der Waals surface area contributed by atoms with E-state index in [-0.39, 0.29) is 0 Å². The molecule has 0 saturated carbocycles. The molecule has 1 aromatic carbocycles. The molecule has 0 fully saturated rings. The zero-order valence-electron chi connectivity index (χ0n) is 8.09. The van der Waals surface area contributed by atoms with Crippen molar-refractivity contribution in [3.63, 3.8) is 0 Å². The molecule has 15 heavy (non-hydrogen) atoms. The molecule has 0 radical (unpaired) electrons. The molecule has 1 atom stereocenters. The van der Waals surface area contributed by atoms with Crippen molar-refractivity contribution in [3.8, 4) is 11.5 Å². The van der Waals surface area contributed by atoms with Crippen LogP contribution in [0.1, 0.15) is 18.1 Å². The minimum absolute atomic E-state index is 0.505. The Balaban J connectivity index is 2.64. The molecule has 0 saturated heterocycles. The number of halogens is 2. The highest BCUT2D eigenvalue weighted by Crippen LogP contribution is 2.46. The number of fused-ring (bicyclic) bond motifs is 1. The maximum Gasteiger partial charge on any atom is 0.140 e. The van der Waals surface area contributed by atoms with Crippen molar-refractivity contribution in [1.29, 1.82) is 0 Å². The maximum absolute atomic E-state index is 9.90. The summed E-state index contributed by atoms with van der Waals surface area (Å²) in [4.78, 5) is 0. The number of aliphatic hydroxyl groups is 1. The van der Waals surface area contributed by atoms with E-state index in [0.717, 1.165) is 14.5 Å². The van der Waals surface area contributed by atoms with Crippen LogP contribution in [0, 0.1) is 0 Å². The van der Waals surface area contributed by atoms with Crippen molar-refractivity contribution in [2.75, 3.05) is 13.7 Å². The highest BCUT2D eigenvalue weighted by Gasteiger charge is 2.26. The van der Waals surface area contributed by atoms with Gasteiger partial charge in [0, 0.05) is 12.0 Å². The second-order valence-electron chi connectivity index (χ2n) is 3.27. The maximum atomic E-state index is 9.90. The number of aliphatic hydroxyl groups excluding tert-OH is 1. The molecule has 3 nitrogen and oxygen atoms in total. The first-order valence-corrected chi connectivity index (χ1v) is 6.10. The topological polar surface area (TPSA) is 38.7 Å². The Labute approximate surface area is 105 Å². The third-order valence-corrected chi connectivity index (χ3v) is 3.77. The van der Waals surface area contributed by atoms with Crippen LogP contribution in [0.5, 0.6) is 11.5 Å². The monoisotopic (exact) mass is 336 g/mol. The number of rotatable bonds is 1. The van der Waals surface area contributed by atoms with Crippen molar-refractivity contribution >= 4 is 31.9 Å². The summed E-state index contributed by atoms with van der Waals surface area (Å²) in [7, 11) is 1.59. The van der Waals surface area contributed by atoms with Gasteiger partial charge in [0.25, 0.3) is 0 Å². The van der Waals surface area contributed by atoms with Crippen LogP contribution in [0.25, 0.3) is 0 Å². The lowest BCUT2D eigenvalue weighted by atomic mass is 10.0. The smallest absolute Gasteiger partial charge is 0.140 e. The largest absolute Gasteiger partial charge is 0.496 e. The van der Waals surface area contributed by atoms with Crippen LogP contribution in [0.2, 0.25) is 0 Å². The van der Waals surface area contributed by atoms with Gasteiger partial charge in [-0.1, -0.05) is 0 Å². The summed E-state index contributed by atoms with van der Waals surface area (Å²) in [6, 6.07) is 1.82. The molecule has 2 rings (SSSR count). The SMILES string of the molecule is COc1cc(Br)c2c(c1Br)C(O)CCO2. The van der Waals surface area contributed by atoms with E-state index in [1.54, 1.807) is 7.11 Å². The van der Waals surface area contributed by atoms with E-state index in [9.17, 15) is 5.11 Å². The molecule has 1 heterocycles. The zero-order chi connectivity index (χ0) is 11.0. The molecule has 0 amide bonds. The summed E-state index contributed by atoms with van der Waals surface area (Å²) in [5.74, 6) is 1.38. The lowest BCUT2D eigenvalue weighted by molar-refractivity contribution is 0.113. The van der Waals surface area contributed by atoms with Crippen LogP contribution in [0.3, 0.4) is 0 Å². The third-order valence-electron chi connectivity index (χ3n) is 2.36. The Morgan fingerprint density at radius 1 is 1.53 bits per heavy atom. The summed E-state index contributed by atoms with van der Waals surface area (Å²) in [5, 5.41) is 9.90.